The Kier molecular flexibility index (Phi) is 5.61. The van der Waals surface area contributed by atoms with Gasteiger partial charge in [-0.3, -0.25) is 4.90 Å². The highest BCUT2D eigenvalue weighted by Crippen LogP contribution is 2.23. The van der Waals surface area contributed by atoms with Gasteiger partial charge in [-0.15, -0.1) is 0 Å². The first-order chi connectivity index (χ1) is 9.57. The molecule has 1 aromatic carbocycles. The van der Waals surface area contributed by atoms with Gasteiger partial charge in [0.25, 0.3) is 0 Å². The molecule has 2 rings (SSSR count). The second kappa shape index (κ2) is 7.03. The molecule has 1 aliphatic rings. The molecule has 0 aromatic heterocycles. The van der Waals surface area contributed by atoms with E-state index in [2.05, 4.69) is 63.8 Å². The Morgan fingerprint density at radius 3 is 2.25 bits per heavy atom. The van der Waals surface area contributed by atoms with Crippen LogP contribution < -0.4 is 5.73 Å². The monoisotopic (exact) mass is 339 g/mol. The topological polar surface area (TPSA) is 32.5 Å². The van der Waals surface area contributed by atoms with Crippen LogP contribution in [0.2, 0.25) is 0 Å². The molecule has 1 fully saturated rings. The van der Waals surface area contributed by atoms with Gasteiger partial charge in [0.1, 0.15) is 0 Å². The van der Waals surface area contributed by atoms with Crippen molar-refractivity contribution in [1.82, 2.24) is 9.80 Å². The minimum Gasteiger partial charge on any atom is -0.329 e. The van der Waals surface area contributed by atoms with Crippen LogP contribution in [-0.4, -0.2) is 54.6 Å². The Morgan fingerprint density at radius 1 is 1.15 bits per heavy atom. The molecule has 112 valence electrons. The fraction of sp³-hybridized carbons (Fsp3) is 0.625. The van der Waals surface area contributed by atoms with E-state index in [0.717, 1.165) is 43.6 Å². The van der Waals surface area contributed by atoms with Crippen LogP contribution in [-0.2, 0) is 6.42 Å². The van der Waals surface area contributed by atoms with Gasteiger partial charge in [0, 0.05) is 42.7 Å². The summed E-state index contributed by atoms with van der Waals surface area (Å²) in [6, 6.07) is 8.61. The van der Waals surface area contributed by atoms with E-state index in [4.69, 9.17) is 5.73 Å². The molecule has 2 N–H and O–H groups in total. The number of benzene rings is 1. The van der Waals surface area contributed by atoms with Gasteiger partial charge in [0.05, 0.1) is 0 Å². The first kappa shape index (κ1) is 16.0. The quantitative estimate of drug-likeness (QED) is 0.893. The average Bonchev–Trinajstić information content (AvgIpc) is 2.49. The fourth-order valence-corrected chi connectivity index (χ4v) is 3.22. The maximum absolute atomic E-state index is 6.12. The molecule has 0 spiro atoms. The van der Waals surface area contributed by atoms with Gasteiger partial charge in [0.2, 0.25) is 0 Å². The summed E-state index contributed by atoms with van der Waals surface area (Å²) < 4.78 is 1.13. The van der Waals surface area contributed by atoms with E-state index in [1.54, 1.807) is 0 Å². The van der Waals surface area contributed by atoms with Crippen molar-refractivity contribution in [2.24, 2.45) is 5.73 Å². The first-order valence-corrected chi connectivity index (χ1v) is 8.28. The van der Waals surface area contributed by atoms with Crippen molar-refractivity contribution in [3.63, 3.8) is 0 Å². The standard InChI is InChI=1S/C16H26BrN3/c1-3-19-8-10-20(11-9-19)16(2,13-18)12-14-4-6-15(17)7-5-14/h4-7H,3,8-13,18H2,1-2H3. The molecule has 1 heterocycles. The zero-order valence-corrected chi connectivity index (χ0v) is 14.2. The number of hydrogen-bond donors (Lipinski definition) is 1. The molecule has 4 heteroatoms. The summed E-state index contributed by atoms with van der Waals surface area (Å²) in [7, 11) is 0. The predicted molar refractivity (Wildman–Crippen MR) is 89.0 cm³/mol. The molecule has 20 heavy (non-hydrogen) atoms. The third-order valence-electron chi connectivity index (χ3n) is 4.52. The smallest absolute Gasteiger partial charge is 0.0344 e. The lowest BCUT2D eigenvalue weighted by atomic mass is 9.90. The van der Waals surface area contributed by atoms with E-state index < -0.39 is 0 Å². The zero-order valence-electron chi connectivity index (χ0n) is 12.6. The summed E-state index contributed by atoms with van der Waals surface area (Å²) in [5, 5.41) is 0. The van der Waals surface area contributed by atoms with E-state index in [1.807, 2.05) is 0 Å². The van der Waals surface area contributed by atoms with Crippen LogP contribution in [0.15, 0.2) is 28.7 Å². The van der Waals surface area contributed by atoms with Crippen molar-refractivity contribution in [2.45, 2.75) is 25.8 Å². The molecule has 0 aliphatic carbocycles. The van der Waals surface area contributed by atoms with Gasteiger partial charge >= 0.3 is 0 Å². The summed E-state index contributed by atoms with van der Waals surface area (Å²) in [5.74, 6) is 0. The van der Waals surface area contributed by atoms with E-state index in [-0.39, 0.29) is 5.54 Å². The van der Waals surface area contributed by atoms with E-state index in [1.165, 1.54) is 5.56 Å². The molecular formula is C16H26BrN3. The lowest BCUT2D eigenvalue weighted by molar-refractivity contribution is 0.0486. The number of nitrogens with zero attached hydrogens (tertiary/aromatic N) is 2. The van der Waals surface area contributed by atoms with Crippen LogP contribution in [0.25, 0.3) is 0 Å². The number of piperazine rings is 1. The van der Waals surface area contributed by atoms with Crippen molar-refractivity contribution < 1.29 is 0 Å². The molecule has 3 nitrogen and oxygen atoms in total. The van der Waals surface area contributed by atoms with E-state index in [9.17, 15) is 0 Å². The molecule has 0 saturated carbocycles. The second-order valence-electron chi connectivity index (χ2n) is 5.93. The number of rotatable bonds is 5. The van der Waals surface area contributed by atoms with Gasteiger partial charge < -0.3 is 10.6 Å². The molecular weight excluding hydrogens is 314 g/mol. The Balaban J connectivity index is 2.03. The lowest BCUT2D eigenvalue weighted by Gasteiger charge is -2.45. The molecule has 0 amide bonds. The third-order valence-corrected chi connectivity index (χ3v) is 5.05. The van der Waals surface area contributed by atoms with Crippen molar-refractivity contribution in [3.8, 4) is 0 Å². The van der Waals surface area contributed by atoms with Crippen LogP contribution in [0, 0.1) is 0 Å². The largest absolute Gasteiger partial charge is 0.329 e. The molecule has 0 radical (unpaired) electrons. The van der Waals surface area contributed by atoms with Crippen molar-refractivity contribution in [1.29, 1.82) is 0 Å². The summed E-state index contributed by atoms with van der Waals surface area (Å²) in [5.41, 5.74) is 7.54. The maximum atomic E-state index is 6.12. The van der Waals surface area contributed by atoms with Crippen LogP contribution in [0.4, 0.5) is 0 Å². The van der Waals surface area contributed by atoms with Crippen LogP contribution >= 0.6 is 15.9 Å². The number of nitrogens with two attached hydrogens (primary N) is 1. The number of likely N-dealkylation sites (N-methyl/N-ethyl adjacent to an activating group) is 1. The van der Waals surface area contributed by atoms with Crippen LogP contribution in [0.1, 0.15) is 19.4 Å². The summed E-state index contributed by atoms with van der Waals surface area (Å²) in [6.45, 7) is 11.0. The van der Waals surface area contributed by atoms with Gasteiger partial charge in [0.15, 0.2) is 0 Å². The predicted octanol–water partition coefficient (Wildman–Crippen LogP) is 2.35. The Labute approximate surface area is 131 Å². The lowest BCUT2D eigenvalue weighted by Crippen LogP contribution is -2.59. The molecule has 0 bridgehead atoms. The normalized spacial score (nSPS) is 20.8. The Hall–Kier alpha value is -0.420. The minimum atomic E-state index is 0.0632. The Morgan fingerprint density at radius 2 is 1.75 bits per heavy atom. The summed E-state index contributed by atoms with van der Waals surface area (Å²) >= 11 is 3.49. The SMILES string of the molecule is CCN1CCN(C(C)(CN)Cc2ccc(Br)cc2)CC1. The van der Waals surface area contributed by atoms with Crippen molar-refractivity contribution >= 4 is 15.9 Å². The number of hydrogen-bond acceptors (Lipinski definition) is 3. The molecule has 1 saturated heterocycles. The second-order valence-corrected chi connectivity index (χ2v) is 6.84. The van der Waals surface area contributed by atoms with Crippen molar-refractivity contribution in [3.05, 3.63) is 34.3 Å². The minimum absolute atomic E-state index is 0.0632. The highest BCUT2D eigenvalue weighted by molar-refractivity contribution is 9.10. The average molecular weight is 340 g/mol. The van der Waals surface area contributed by atoms with Crippen LogP contribution in [0.3, 0.4) is 0 Å². The fourth-order valence-electron chi connectivity index (χ4n) is 2.96. The van der Waals surface area contributed by atoms with Crippen molar-refractivity contribution in [2.75, 3.05) is 39.3 Å². The van der Waals surface area contributed by atoms with Crippen LogP contribution in [0.5, 0.6) is 0 Å². The van der Waals surface area contributed by atoms with E-state index >= 15 is 0 Å². The Bertz CT molecular complexity index is 412. The van der Waals surface area contributed by atoms with Gasteiger partial charge in [-0.1, -0.05) is 35.0 Å². The third kappa shape index (κ3) is 3.82. The first-order valence-electron chi connectivity index (χ1n) is 7.49. The van der Waals surface area contributed by atoms with Gasteiger partial charge in [-0.25, -0.2) is 0 Å². The maximum Gasteiger partial charge on any atom is 0.0344 e. The highest BCUT2D eigenvalue weighted by Gasteiger charge is 2.32. The summed E-state index contributed by atoms with van der Waals surface area (Å²) in [4.78, 5) is 5.08. The molecule has 1 aliphatic heterocycles. The van der Waals surface area contributed by atoms with E-state index in [0.29, 0.717) is 6.54 Å². The van der Waals surface area contributed by atoms with Gasteiger partial charge in [-0.2, -0.15) is 0 Å². The zero-order chi connectivity index (χ0) is 14.6. The van der Waals surface area contributed by atoms with Gasteiger partial charge in [-0.05, 0) is 37.6 Å². The molecule has 1 aromatic rings. The molecule has 1 atom stereocenters. The summed E-state index contributed by atoms with van der Waals surface area (Å²) in [6.07, 6.45) is 1.02. The molecule has 1 unspecified atom stereocenters. The number of halogens is 1. The highest BCUT2D eigenvalue weighted by atomic mass is 79.9.